The van der Waals surface area contributed by atoms with Crippen LogP contribution in [0.25, 0.3) is 0 Å². The van der Waals surface area contributed by atoms with Crippen LogP contribution in [0.3, 0.4) is 0 Å². The molecule has 19 heavy (non-hydrogen) atoms. The molecule has 100 valence electrons. The van der Waals surface area contributed by atoms with Gasteiger partial charge in [-0.15, -0.1) is 0 Å². The smallest absolute Gasteiger partial charge is 0.222 e. The molecule has 0 atom stereocenters. The van der Waals surface area contributed by atoms with E-state index in [1.54, 1.807) is 24.3 Å². The molecule has 1 aromatic heterocycles. The summed E-state index contributed by atoms with van der Waals surface area (Å²) in [5.74, 6) is 1.85. The zero-order valence-electron chi connectivity index (χ0n) is 11.1. The number of nitrogens with zero attached hydrogens (tertiary/aromatic N) is 2. The van der Waals surface area contributed by atoms with Crippen molar-refractivity contribution in [3.63, 3.8) is 0 Å². The molecule has 4 nitrogen and oxygen atoms in total. The Hall–Kier alpha value is -1.81. The van der Waals surface area contributed by atoms with E-state index in [1.807, 2.05) is 20.8 Å². The lowest BCUT2D eigenvalue weighted by Gasteiger charge is -2.11. The maximum absolute atomic E-state index is 6.07. The number of ether oxygens (including phenoxy) is 1. The minimum Gasteiger partial charge on any atom is -0.435 e. The first-order valence-corrected chi connectivity index (χ1v) is 6.42. The molecule has 1 heterocycles. The summed E-state index contributed by atoms with van der Waals surface area (Å²) in [5, 5.41) is 0.461. The maximum atomic E-state index is 6.07. The Morgan fingerprint density at radius 1 is 1.26 bits per heavy atom. The van der Waals surface area contributed by atoms with E-state index < -0.39 is 0 Å². The fourth-order valence-corrected chi connectivity index (χ4v) is 1.83. The van der Waals surface area contributed by atoms with Crippen LogP contribution in [0.5, 0.6) is 11.6 Å². The van der Waals surface area contributed by atoms with Gasteiger partial charge in [0.15, 0.2) is 5.75 Å². The van der Waals surface area contributed by atoms with Crippen molar-refractivity contribution in [2.24, 2.45) is 0 Å². The number of hydrogen-bond acceptors (Lipinski definition) is 4. The number of halogens is 1. The van der Waals surface area contributed by atoms with E-state index in [0.29, 0.717) is 22.3 Å². The Kier molecular flexibility index (Phi) is 3.90. The Balaban J connectivity index is 2.38. The van der Waals surface area contributed by atoms with E-state index >= 15 is 0 Å². The van der Waals surface area contributed by atoms with Crippen molar-refractivity contribution in [1.82, 2.24) is 9.97 Å². The predicted molar refractivity (Wildman–Crippen MR) is 76.8 cm³/mol. The number of para-hydroxylation sites is 1. The van der Waals surface area contributed by atoms with Crippen LogP contribution >= 0.6 is 11.6 Å². The van der Waals surface area contributed by atoms with Gasteiger partial charge in [0.1, 0.15) is 5.82 Å². The van der Waals surface area contributed by atoms with Gasteiger partial charge in [0, 0.05) is 17.7 Å². The molecule has 2 rings (SSSR count). The SMILES string of the molecule is Cc1cc(Oc2c(N)cccc2Cl)nc(C(C)C)n1. The van der Waals surface area contributed by atoms with Gasteiger partial charge >= 0.3 is 0 Å². The summed E-state index contributed by atoms with van der Waals surface area (Å²) >= 11 is 6.07. The van der Waals surface area contributed by atoms with Gasteiger partial charge in [-0.2, -0.15) is 4.98 Å². The van der Waals surface area contributed by atoms with Crippen LogP contribution in [0, 0.1) is 6.92 Å². The summed E-state index contributed by atoms with van der Waals surface area (Å²) in [4.78, 5) is 8.73. The Labute approximate surface area is 117 Å². The molecule has 0 spiro atoms. The highest BCUT2D eigenvalue weighted by atomic mass is 35.5. The highest BCUT2D eigenvalue weighted by Crippen LogP contribution is 2.34. The molecule has 2 N–H and O–H groups in total. The van der Waals surface area contributed by atoms with Crippen molar-refractivity contribution in [2.75, 3.05) is 5.73 Å². The number of nitrogen functional groups attached to an aromatic ring is 1. The first-order valence-electron chi connectivity index (χ1n) is 6.05. The topological polar surface area (TPSA) is 61.0 Å². The van der Waals surface area contributed by atoms with Crippen LogP contribution in [-0.2, 0) is 0 Å². The predicted octanol–water partition coefficient (Wildman–Crippen LogP) is 3.94. The maximum Gasteiger partial charge on any atom is 0.222 e. The van der Waals surface area contributed by atoms with Crippen LogP contribution < -0.4 is 10.5 Å². The fraction of sp³-hybridized carbons (Fsp3) is 0.286. The van der Waals surface area contributed by atoms with Gasteiger partial charge in [0.2, 0.25) is 5.88 Å². The molecule has 0 unspecified atom stereocenters. The lowest BCUT2D eigenvalue weighted by atomic mass is 10.2. The zero-order chi connectivity index (χ0) is 14.0. The second-order valence-corrected chi connectivity index (χ2v) is 5.03. The van der Waals surface area contributed by atoms with Crippen LogP contribution in [0.2, 0.25) is 5.02 Å². The largest absolute Gasteiger partial charge is 0.435 e. The summed E-state index contributed by atoms with van der Waals surface area (Å²) < 4.78 is 5.70. The van der Waals surface area contributed by atoms with Gasteiger partial charge < -0.3 is 10.5 Å². The molecule has 0 amide bonds. The minimum absolute atomic E-state index is 0.228. The van der Waals surface area contributed by atoms with Crippen molar-refractivity contribution in [2.45, 2.75) is 26.7 Å². The molecule has 0 aliphatic heterocycles. The van der Waals surface area contributed by atoms with Gasteiger partial charge in [-0.05, 0) is 19.1 Å². The quantitative estimate of drug-likeness (QED) is 0.863. The van der Waals surface area contributed by atoms with Gasteiger partial charge in [-0.25, -0.2) is 4.98 Å². The Bertz CT molecular complexity index is 579. The average molecular weight is 278 g/mol. The number of aryl methyl sites for hydroxylation is 1. The van der Waals surface area contributed by atoms with Gasteiger partial charge in [-0.1, -0.05) is 31.5 Å². The van der Waals surface area contributed by atoms with Crippen molar-refractivity contribution >= 4 is 17.3 Å². The summed E-state index contributed by atoms with van der Waals surface area (Å²) in [6, 6.07) is 6.99. The van der Waals surface area contributed by atoms with Crippen molar-refractivity contribution in [3.05, 3.63) is 40.8 Å². The average Bonchev–Trinajstić information content (AvgIpc) is 2.33. The van der Waals surface area contributed by atoms with Crippen molar-refractivity contribution in [3.8, 4) is 11.6 Å². The summed E-state index contributed by atoms with van der Waals surface area (Å²) in [7, 11) is 0. The third-order valence-corrected chi connectivity index (χ3v) is 2.87. The second-order valence-electron chi connectivity index (χ2n) is 4.62. The molecule has 2 aromatic rings. The van der Waals surface area contributed by atoms with E-state index in [1.165, 1.54) is 0 Å². The molecular formula is C14H16ClN3O. The first-order chi connectivity index (χ1) is 8.97. The molecule has 0 bridgehead atoms. The third kappa shape index (κ3) is 3.15. The molecule has 0 aliphatic rings. The van der Waals surface area contributed by atoms with E-state index in [-0.39, 0.29) is 5.92 Å². The summed E-state index contributed by atoms with van der Waals surface area (Å²) in [6.07, 6.45) is 0. The van der Waals surface area contributed by atoms with E-state index in [9.17, 15) is 0 Å². The van der Waals surface area contributed by atoms with Gasteiger partial charge in [0.25, 0.3) is 0 Å². The molecule has 5 heteroatoms. The molecule has 0 saturated carbocycles. The van der Waals surface area contributed by atoms with Crippen molar-refractivity contribution < 1.29 is 4.74 Å². The number of aromatic nitrogens is 2. The highest BCUT2D eigenvalue weighted by Gasteiger charge is 2.11. The second kappa shape index (κ2) is 5.45. The van der Waals surface area contributed by atoms with E-state index in [0.717, 1.165) is 11.5 Å². The normalized spacial score (nSPS) is 10.8. The molecule has 0 saturated heterocycles. The number of hydrogen-bond donors (Lipinski definition) is 1. The molecule has 0 radical (unpaired) electrons. The van der Waals surface area contributed by atoms with Gasteiger partial charge in [0.05, 0.1) is 10.7 Å². The Morgan fingerprint density at radius 3 is 2.63 bits per heavy atom. The summed E-state index contributed by atoms with van der Waals surface area (Å²) in [5.41, 5.74) is 7.18. The summed E-state index contributed by atoms with van der Waals surface area (Å²) in [6.45, 7) is 5.96. The van der Waals surface area contributed by atoms with Crippen LogP contribution in [0.1, 0.15) is 31.3 Å². The monoisotopic (exact) mass is 277 g/mol. The standard InChI is InChI=1S/C14H16ClN3O/c1-8(2)14-17-9(3)7-12(18-14)19-13-10(15)5-4-6-11(13)16/h4-8H,16H2,1-3H3. The molecule has 0 aliphatic carbocycles. The molecular weight excluding hydrogens is 262 g/mol. The van der Waals surface area contributed by atoms with Crippen LogP contribution in [0.4, 0.5) is 5.69 Å². The lowest BCUT2D eigenvalue weighted by Crippen LogP contribution is -2.02. The Morgan fingerprint density at radius 2 is 2.00 bits per heavy atom. The minimum atomic E-state index is 0.228. The third-order valence-electron chi connectivity index (χ3n) is 2.57. The number of benzene rings is 1. The van der Waals surface area contributed by atoms with E-state index in [4.69, 9.17) is 22.1 Å². The van der Waals surface area contributed by atoms with Crippen LogP contribution in [-0.4, -0.2) is 9.97 Å². The highest BCUT2D eigenvalue weighted by molar-refractivity contribution is 6.32. The zero-order valence-corrected chi connectivity index (χ0v) is 11.9. The first kappa shape index (κ1) is 13.6. The van der Waals surface area contributed by atoms with E-state index in [2.05, 4.69) is 9.97 Å². The number of rotatable bonds is 3. The number of nitrogens with two attached hydrogens (primary N) is 1. The van der Waals surface area contributed by atoms with Crippen molar-refractivity contribution in [1.29, 1.82) is 0 Å². The van der Waals surface area contributed by atoms with Crippen LogP contribution in [0.15, 0.2) is 24.3 Å². The molecule has 1 aromatic carbocycles. The lowest BCUT2D eigenvalue weighted by molar-refractivity contribution is 0.458. The van der Waals surface area contributed by atoms with Gasteiger partial charge in [-0.3, -0.25) is 0 Å². The number of anilines is 1. The fourth-order valence-electron chi connectivity index (χ4n) is 1.61. The molecule has 0 fully saturated rings.